The summed E-state index contributed by atoms with van der Waals surface area (Å²) in [4.78, 5) is 17.8. The van der Waals surface area contributed by atoms with Crippen molar-refractivity contribution in [1.82, 2.24) is 4.98 Å². The van der Waals surface area contributed by atoms with Crippen molar-refractivity contribution in [1.29, 1.82) is 5.26 Å². The summed E-state index contributed by atoms with van der Waals surface area (Å²) in [6, 6.07) is 19.2. The van der Waals surface area contributed by atoms with E-state index in [1.165, 1.54) is 11.3 Å². The quantitative estimate of drug-likeness (QED) is 0.384. The van der Waals surface area contributed by atoms with E-state index in [1.807, 2.05) is 6.07 Å². The smallest absolute Gasteiger partial charge is 0.271 e. The van der Waals surface area contributed by atoms with Crippen LogP contribution in [-0.2, 0) is 4.79 Å². The molecule has 1 heterocycles. The Bertz CT molecular complexity index is 1300. The second-order valence-electron chi connectivity index (χ2n) is 7.09. The van der Waals surface area contributed by atoms with Gasteiger partial charge in [-0.3, -0.25) is 10.1 Å². The van der Waals surface area contributed by atoms with Gasteiger partial charge in [-0.15, -0.1) is 0 Å². The highest BCUT2D eigenvalue weighted by Gasteiger charge is 2.24. The van der Waals surface area contributed by atoms with Gasteiger partial charge in [-0.1, -0.05) is 23.5 Å². The zero-order chi connectivity index (χ0) is 24.1. The van der Waals surface area contributed by atoms with E-state index < -0.39 is 12.0 Å². The fourth-order valence-corrected chi connectivity index (χ4v) is 4.15. The number of rotatable bonds is 8. The molecule has 0 radical (unpaired) electrons. The lowest BCUT2D eigenvalue weighted by atomic mass is 10.1. The van der Waals surface area contributed by atoms with Crippen molar-refractivity contribution < 1.29 is 23.7 Å². The van der Waals surface area contributed by atoms with Crippen LogP contribution in [0.5, 0.6) is 23.0 Å². The lowest BCUT2D eigenvalue weighted by Gasteiger charge is -2.19. The Morgan fingerprint density at radius 3 is 2.21 bits per heavy atom. The maximum atomic E-state index is 13.3. The number of fused-ring (bicyclic) bond motifs is 1. The Labute approximate surface area is 200 Å². The van der Waals surface area contributed by atoms with Crippen molar-refractivity contribution in [2.45, 2.75) is 6.10 Å². The topological polar surface area (TPSA) is 103 Å². The van der Waals surface area contributed by atoms with Crippen LogP contribution in [0, 0.1) is 11.3 Å². The van der Waals surface area contributed by atoms with E-state index in [0.717, 1.165) is 4.70 Å². The number of nitriles is 1. The average molecular weight is 476 g/mol. The standard InChI is InChI=1S/C25H21N3O5S/c1-30-17-10-6-16(7-11-17)23(33-18-8-4-15(14-26)5-9-18)24(29)28-25-27-19-12-20(31-2)21(32-3)13-22(19)34-25/h4-13,23H,1-3H3,(H,27,28,29). The number of amides is 1. The monoisotopic (exact) mass is 475 g/mol. The number of carbonyl (C=O) groups is 1. The molecule has 9 heteroatoms. The molecular weight excluding hydrogens is 454 g/mol. The van der Waals surface area contributed by atoms with Crippen molar-refractivity contribution in [2.75, 3.05) is 26.6 Å². The van der Waals surface area contributed by atoms with Gasteiger partial charge in [-0.25, -0.2) is 4.98 Å². The summed E-state index contributed by atoms with van der Waals surface area (Å²) in [6.45, 7) is 0. The molecule has 0 aliphatic rings. The Hall–Kier alpha value is -4.29. The van der Waals surface area contributed by atoms with Gasteiger partial charge < -0.3 is 18.9 Å². The molecule has 1 atom stereocenters. The number of benzene rings is 3. The number of methoxy groups -OCH3 is 3. The molecule has 1 aromatic heterocycles. The first kappa shape index (κ1) is 22.9. The third-order valence-corrected chi connectivity index (χ3v) is 5.95. The van der Waals surface area contributed by atoms with E-state index >= 15 is 0 Å². The number of carbonyl (C=O) groups excluding carboxylic acids is 1. The van der Waals surface area contributed by atoms with E-state index in [-0.39, 0.29) is 0 Å². The van der Waals surface area contributed by atoms with Crippen LogP contribution in [0.4, 0.5) is 5.13 Å². The Morgan fingerprint density at radius 1 is 0.941 bits per heavy atom. The van der Waals surface area contributed by atoms with Gasteiger partial charge in [-0.2, -0.15) is 5.26 Å². The van der Waals surface area contributed by atoms with E-state index in [2.05, 4.69) is 16.4 Å². The lowest BCUT2D eigenvalue weighted by molar-refractivity contribution is -0.123. The number of hydrogen-bond donors (Lipinski definition) is 1. The summed E-state index contributed by atoms with van der Waals surface area (Å²) in [5.41, 5.74) is 1.80. The van der Waals surface area contributed by atoms with Gasteiger partial charge in [0.2, 0.25) is 6.10 Å². The molecule has 172 valence electrons. The fourth-order valence-electron chi connectivity index (χ4n) is 3.28. The van der Waals surface area contributed by atoms with Crippen molar-refractivity contribution in [3.05, 3.63) is 71.8 Å². The number of hydrogen-bond acceptors (Lipinski definition) is 8. The Morgan fingerprint density at radius 2 is 1.59 bits per heavy atom. The molecule has 8 nitrogen and oxygen atoms in total. The fraction of sp³-hybridized carbons (Fsp3) is 0.160. The highest BCUT2D eigenvalue weighted by molar-refractivity contribution is 7.22. The first-order valence-corrected chi connectivity index (χ1v) is 11.0. The summed E-state index contributed by atoms with van der Waals surface area (Å²) in [6.07, 6.45) is -0.963. The minimum absolute atomic E-state index is 0.396. The summed E-state index contributed by atoms with van der Waals surface area (Å²) >= 11 is 1.31. The van der Waals surface area contributed by atoms with Crippen LogP contribution in [-0.4, -0.2) is 32.2 Å². The van der Waals surface area contributed by atoms with E-state index in [9.17, 15) is 4.79 Å². The molecule has 34 heavy (non-hydrogen) atoms. The normalized spacial score (nSPS) is 11.4. The minimum atomic E-state index is -0.963. The highest BCUT2D eigenvalue weighted by Crippen LogP contribution is 2.36. The predicted octanol–water partition coefficient (Wildman–Crippen LogP) is 4.95. The molecule has 0 saturated heterocycles. The summed E-state index contributed by atoms with van der Waals surface area (Å²) in [5.74, 6) is 1.85. The molecule has 4 aromatic rings. The molecule has 4 rings (SSSR count). The number of nitrogens with zero attached hydrogens (tertiary/aromatic N) is 2. The average Bonchev–Trinajstić information content (AvgIpc) is 3.27. The largest absolute Gasteiger partial charge is 0.497 e. The maximum absolute atomic E-state index is 13.3. The van der Waals surface area contributed by atoms with Crippen molar-refractivity contribution in [3.8, 4) is 29.1 Å². The molecule has 1 amide bonds. The van der Waals surface area contributed by atoms with E-state index in [1.54, 1.807) is 75.9 Å². The number of ether oxygens (including phenoxy) is 4. The van der Waals surface area contributed by atoms with Crippen molar-refractivity contribution in [3.63, 3.8) is 0 Å². The molecule has 3 aromatic carbocycles. The van der Waals surface area contributed by atoms with E-state index in [0.29, 0.717) is 44.8 Å². The zero-order valence-corrected chi connectivity index (χ0v) is 19.5. The SMILES string of the molecule is COc1ccc(C(Oc2ccc(C#N)cc2)C(=O)Nc2nc3cc(OC)c(OC)cc3s2)cc1. The van der Waals surface area contributed by atoms with Gasteiger partial charge in [0.1, 0.15) is 11.5 Å². The minimum Gasteiger partial charge on any atom is -0.497 e. The molecule has 0 fully saturated rings. The van der Waals surface area contributed by atoms with Gasteiger partial charge in [0.25, 0.3) is 5.91 Å². The van der Waals surface area contributed by atoms with Crippen LogP contribution in [0.15, 0.2) is 60.7 Å². The number of thiazole rings is 1. The second-order valence-corrected chi connectivity index (χ2v) is 8.12. The van der Waals surface area contributed by atoms with Gasteiger partial charge in [0, 0.05) is 17.7 Å². The number of anilines is 1. The molecule has 0 aliphatic carbocycles. The highest BCUT2D eigenvalue weighted by atomic mass is 32.1. The summed E-state index contributed by atoms with van der Waals surface area (Å²) in [5, 5.41) is 12.3. The molecule has 0 spiro atoms. The van der Waals surface area contributed by atoms with Crippen LogP contribution in [0.2, 0.25) is 0 Å². The van der Waals surface area contributed by atoms with Crippen LogP contribution in [0.1, 0.15) is 17.2 Å². The second kappa shape index (κ2) is 10.1. The first-order valence-electron chi connectivity index (χ1n) is 10.2. The molecule has 1 N–H and O–H groups in total. The van der Waals surface area contributed by atoms with Crippen LogP contribution < -0.4 is 24.3 Å². The van der Waals surface area contributed by atoms with Gasteiger partial charge in [0.05, 0.1) is 43.2 Å². The number of aromatic nitrogens is 1. The van der Waals surface area contributed by atoms with Crippen LogP contribution >= 0.6 is 11.3 Å². The summed E-state index contributed by atoms with van der Waals surface area (Å²) in [7, 11) is 4.69. The molecule has 0 saturated carbocycles. The van der Waals surface area contributed by atoms with Gasteiger partial charge >= 0.3 is 0 Å². The van der Waals surface area contributed by atoms with Gasteiger partial charge in [0.15, 0.2) is 16.6 Å². The van der Waals surface area contributed by atoms with Gasteiger partial charge in [-0.05, 0) is 36.4 Å². The van der Waals surface area contributed by atoms with Crippen molar-refractivity contribution >= 4 is 32.6 Å². The third-order valence-electron chi connectivity index (χ3n) is 5.02. The predicted molar refractivity (Wildman–Crippen MR) is 129 cm³/mol. The Balaban J connectivity index is 1.63. The molecule has 1 unspecified atom stereocenters. The Kier molecular flexibility index (Phi) is 6.80. The zero-order valence-electron chi connectivity index (χ0n) is 18.7. The molecule has 0 aliphatic heterocycles. The first-order chi connectivity index (χ1) is 16.5. The summed E-state index contributed by atoms with van der Waals surface area (Å²) < 4.78 is 22.8. The lowest BCUT2D eigenvalue weighted by Crippen LogP contribution is -2.25. The van der Waals surface area contributed by atoms with E-state index in [4.69, 9.17) is 24.2 Å². The molecule has 0 bridgehead atoms. The maximum Gasteiger partial charge on any atom is 0.271 e. The van der Waals surface area contributed by atoms with Crippen LogP contribution in [0.3, 0.4) is 0 Å². The number of nitrogens with one attached hydrogen (secondary N) is 1. The van der Waals surface area contributed by atoms with Crippen LogP contribution in [0.25, 0.3) is 10.2 Å². The van der Waals surface area contributed by atoms with Crippen molar-refractivity contribution in [2.24, 2.45) is 0 Å². The third kappa shape index (κ3) is 4.87. The molecular formula is C25H21N3O5S.